The number of allylic oxidation sites excluding steroid dienone is 1. The normalized spacial score (nSPS) is 19.0. The third-order valence-corrected chi connectivity index (χ3v) is 4.34. The third-order valence-electron chi connectivity index (χ3n) is 4.34. The first-order valence-corrected chi connectivity index (χ1v) is 7.57. The van der Waals surface area contributed by atoms with Crippen molar-refractivity contribution in [1.82, 2.24) is 0 Å². The summed E-state index contributed by atoms with van der Waals surface area (Å²) in [6.07, 6.45) is -7.01. The number of rotatable bonds is 4. The first kappa shape index (κ1) is 19.7. The fourth-order valence-electron chi connectivity index (χ4n) is 2.38. The van der Waals surface area contributed by atoms with Gasteiger partial charge >= 0.3 is 13.5 Å². The minimum Gasteiger partial charge on any atom is -0.406 e. The Kier molecular flexibility index (Phi) is 5.21. The highest BCUT2D eigenvalue weighted by atomic mass is 19.4. The van der Waals surface area contributed by atoms with Gasteiger partial charge in [-0.1, -0.05) is 12.1 Å². The standard InChI is InChI=1S/C16H18BF5O3/c1-14(2)15(3,4)25-17(24-14)9-12(13(18)19)10-5-7-11(8-6-10)23-16(20,21)22/h5-8H,9H2,1-4H3. The van der Waals surface area contributed by atoms with Crippen LogP contribution < -0.4 is 4.74 Å². The van der Waals surface area contributed by atoms with E-state index in [4.69, 9.17) is 9.31 Å². The highest BCUT2D eigenvalue weighted by molar-refractivity contribution is 6.48. The molecule has 138 valence electrons. The molecule has 2 rings (SSSR count). The summed E-state index contributed by atoms with van der Waals surface area (Å²) in [6, 6.07) is 4.24. The first-order chi connectivity index (χ1) is 11.3. The molecule has 0 atom stereocenters. The number of halogens is 5. The molecule has 25 heavy (non-hydrogen) atoms. The summed E-state index contributed by atoms with van der Waals surface area (Å²) >= 11 is 0. The molecule has 9 heteroatoms. The Morgan fingerprint density at radius 1 is 1.00 bits per heavy atom. The molecule has 1 aromatic carbocycles. The van der Waals surface area contributed by atoms with E-state index in [0.29, 0.717) is 0 Å². The predicted molar refractivity (Wildman–Crippen MR) is 83.2 cm³/mol. The van der Waals surface area contributed by atoms with Crippen LogP contribution in [-0.2, 0) is 9.31 Å². The van der Waals surface area contributed by atoms with E-state index in [1.807, 2.05) is 0 Å². The second kappa shape index (κ2) is 6.61. The fraction of sp³-hybridized carbons (Fsp3) is 0.500. The number of ether oxygens (including phenoxy) is 1. The topological polar surface area (TPSA) is 27.7 Å². The zero-order valence-corrected chi connectivity index (χ0v) is 14.2. The van der Waals surface area contributed by atoms with Gasteiger partial charge in [0.15, 0.2) is 0 Å². The summed E-state index contributed by atoms with van der Waals surface area (Å²) in [5.41, 5.74) is -1.61. The Morgan fingerprint density at radius 2 is 1.48 bits per heavy atom. The van der Waals surface area contributed by atoms with Crippen LogP contribution in [0.5, 0.6) is 5.75 Å². The highest BCUT2D eigenvalue weighted by Crippen LogP contribution is 2.40. The zero-order valence-electron chi connectivity index (χ0n) is 14.2. The summed E-state index contributed by atoms with van der Waals surface area (Å²) < 4.78 is 78.3. The second-order valence-corrected chi connectivity index (χ2v) is 6.70. The molecule has 0 aliphatic carbocycles. The van der Waals surface area contributed by atoms with E-state index in [-0.39, 0.29) is 17.5 Å². The van der Waals surface area contributed by atoms with Crippen LogP contribution in [0.1, 0.15) is 33.3 Å². The maximum absolute atomic E-state index is 13.4. The van der Waals surface area contributed by atoms with Gasteiger partial charge in [0.2, 0.25) is 0 Å². The Balaban J connectivity index is 2.17. The molecule has 1 fully saturated rings. The molecule has 0 radical (unpaired) electrons. The molecule has 1 aliphatic rings. The Hall–Kier alpha value is -1.61. The summed E-state index contributed by atoms with van der Waals surface area (Å²) in [5.74, 6) is -0.481. The molecular weight excluding hydrogens is 346 g/mol. The third kappa shape index (κ3) is 4.73. The van der Waals surface area contributed by atoms with Gasteiger partial charge in [-0.15, -0.1) is 13.2 Å². The molecule has 0 saturated carbocycles. The lowest BCUT2D eigenvalue weighted by Crippen LogP contribution is -2.41. The van der Waals surface area contributed by atoms with Gasteiger partial charge in [-0.3, -0.25) is 0 Å². The van der Waals surface area contributed by atoms with Crippen molar-refractivity contribution >= 4 is 12.7 Å². The van der Waals surface area contributed by atoms with Gasteiger partial charge in [-0.25, -0.2) is 0 Å². The maximum Gasteiger partial charge on any atom is 0.573 e. The average Bonchev–Trinajstić information content (AvgIpc) is 2.63. The average molecular weight is 364 g/mol. The Morgan fingerprint density at radius 3 is 1.88 bits per heavy atom. The molecule has 0 amide bonds. The minimum absolute atomic E-state index is 0.0734. The van der Waals surface area contributed by atoms with Gasteiger partial charge in [0.25, 0.3) is 6.08 Å². The summed E-state index contributed by atoms with van der Waals surface area (Å²) in [4.78, 5) is 0. The number of alkyl halides is 3. The summed E-state index contributed by atoms with van der Waals surface area (Å²) in [6.45, 7) is 7.19. The molecule has 0 aromatic heterocycles. The van der Waals surface area contributed by atoms with Crippen molar-refractivity contribution in [1.29, 1.82) is 0 Å². The fourth-order valence-corrected chi connectivity index (χ4v) is 2.38. The lowest BCUT2D eigenvalue weighted by molar-refractivity contribution is -0.274. The lowest BCUT2D eigenvalue weighted by atomic mass is 9.78. The molecule has 1 aromatic rings. The van der Waals surface area contributed by atoms with E-state index in [1.54, 1.807) is 27.7 Å². The molecular formula is C16H18BF5O3. The van der Waals surface area contributed by atoms with Crippen molar-refractivity contribution in [3.8, 4) is 5.75 Å². The smallest absolute Gasteiger partial charge is 0.406 e. The highest BCUT2D eigenvalue weighted by Gasteiger charge is 2.51. The quantitative estimate of drug-likeness (QED) is 0.537. The molecule has 0 bridgehead atoms. The number of benzene rings is 1. The van der Waals surface area contributed by atoms with Gasteiger partial charge in [0, 0.05) is 11.9 Å². The van der Waals surface area contributed by atoms with E-state index in [0.717, 1.165) is 24.3 Å². The molecule has 1 saturated heterocycles. The summed E-state index contributed by atoms with van der Waals surface area (Å²) in [7, 11) is -0.882. The van der Waals surface area contributed by atoms with Crippen LogP contribution in [-0.4, -0.2) is 24.7 Å². The van der Waals surface area contributed by atoms with E-state index < -0.39 is 36.5 Å². The zero-order chi connectivity index (χ0) is 19.0. The summed E-state index contributed by atoms with van der Waals surface area (Å²) in [5, 5.41) is 0. The van der Waals surface area contributed by atoms with Crippen LogP contribution >= 0.6 is 0 Å². The van der Waals surface area contributed by atoms with E-state index in [9.17, 15) is 22.0 Å². The van der Waals surface area contributed by atoms with Gasteiger partial charge < -0.3 is 14.0 Å². The molecule has 0 N–H and O–H groups in total. The molecule has 0 spiro atoms. The minimum atomic E-state index is -4.84. The SMILES string of the molecule is CC1(C)OB(CC(=C(F)F)c2ccc(OC(F)(F)F)cc2)OC1(C)C. The Labute approximate surface area is 142 Å². The van der Waals surface area contributed by atoms with Crippen molar-refractivity contribution in [3.63, 3.8) is 0 Å². The maximum atomic E-state index is 13.4. The predicted octanol–water partition coefficient (Wildman–Crippen LogP) is 5.29. The van der Waals surface area contributed by atoms with Gasteiger partial charge in [0.1, 0.15) is 5.75 Å². The van der Waals surface area contributed by atoms with Crippen molar-refractivity contribution in [2.24, 2.45) is 0 Å². The monoisotopic (exact) mass is 364 g/mol. The van der Waals surface area contributed by atoms with Crippen molar-refractivity contribution < 1.29 is 36.0 Å². The van der Waals surface area contributed by atoms with E-state index in [1.165, 1.54) is 0 Å². The van der Waals surface area contributed by atoms with Crippen LogP contribution in [0.25, 0.3) is 5.57 Å². The van der Waals surface area contributed by atoms with Crippen LogP contribution in [0.2, 0.25) is 6.32 Å². The number of hydrogen-bond acceptors (Lipinski definition) is 3. The van der Waals surface area contributed by atoms with Crippen LogP contribution in [0.15, 0.2) is 30.3 Å². The van der Waals surface area contributed by atoms with Gasteiger partial charge in [-0.05, 0) is 45.4 Å². The molecule has 3 nitrogen and oxygen atoms in total. The van der Waals surface area contributed by atoms with Crippen LogP contribution in [0.3, 0.4) is 0 Å². The van der Waals surface area contributed by atoms with E-state index >= 15 is 0 Å². The second-order valence-electron chi connectivity index (χ2n) is 6.70. The van der Waals surface area contributed by atoms with Crippen molar-refractivity contribution in [2.75, 3.05) is 0 Å². The van der Waals surface area contributed by atoms with Crippen molar-refractivity contribution in [3.05, 3.63) is 35.9 Å². The largest absolute Gasteiger partial charge is 0.573 e. The van der Waals surface area contributed by atoms with Crippen LogP contribution in [0.4, 0.5) is 22.0 Å². The van der Waals surface area contributed by atoms with Gasteiger partial charge in [0.05, 0.1) is 11.2 Å². The number of hydrogen-bond donors (Lipinski definition) is 0. The lowest BCUT2D eigenvalue weighted by Gasteiger charge is -2.32. The van der Waals surface area contributed by atoms with E-state index in [2.05, 4.69) is 4.74 Å². The molecule has 0 unspecified atom stereocenters. The molecule has 1 heterocycles. The Bertz CT molecular complexity index is 633. The van der Waals surface area contributed by atoms with Crippen LogP contribution in [0, 0.1) is 0 Å². The first-order valence-electron chi connectivity index (χ1n) is 7.57. The van der Waals surface area contributed by atoms with Gasteiger partial charge in [-0.2, -0.15) is 8.78 Å². The molecule has 1 aliphatic heterocycles. The van der Waals surface area contributed by atoms with Crippen molar-refractivity contribution in [2.45, 2.75) is 51.6 Å².